The molecule has 3 rings (SSSR count). The van der Waals surface area contributed by atoms with Gasteiger partial charge in [0.05, 0.1) is 12.4 Å². The molecule has 0 unspecified atom stereocenters. The summed E-state index contributed by atoms with van der Waals surface area (Å²) in [7, 11) is -3.22. The molecule has 0 amide bonds. The van der Waals surface area contributed by atoms with Crippen LogP contribution in [0.3, 0.4) is 0 Å². The fourth-order valence-corrected chi connectivity index (χ4v) is 4.25. The lowest BCUT2D eigenvalue weighted by molar-refractivity contribution is 0.173. The maximum atomic E-state index is 12.0. The Morgan fingerprint density at radius 2 is 1.92 bits per heavy atom. The molecule has 0 aromatic heterocycles. The Morgan fingerprint density at radius 1 is 1.12 bits per heavy atom. The third-order valence-electron chi connectivity index (χ3n) is 4.49. The predicted molar refractivity (Wildman–Crippen MR) is 91.0 cm³/mol. The van der Waals surface area contributed by atoms with Crippen molar-refractivity contribution in [2.24, 2.45) is 5.92 Å². The van der Waals surface area contributed by atoms with E-state index in [1.54, 1.807) is 18.2 Å². The Morgan fingerprint density at radius 3 is 2.75 bits per heavy atom. The molecule has 24 heavy (non-hydrogen) atoms. The first-order valence-electron chi connectivity index (χ1n) is 8.62. The van der Waals surface area contributed by atoms with Crippen molar-refractivity contribution in [1.29, 1.82) is 0 Å². The van der Waals surface area contributed by atoms with Crippen molar-refractivity contribution in [2.45, 2.75) is 38.5 Å². The van der Waals surface area contributed by atoms with Gasteiger partial charge in [-0.3, -0.25) is 0 Å². The van der Waals surface area contributed by atoms with Crippen LogP contribution in [-0.4, -0.2) is 34.1 Å². The molecule has 0 bridgehead atoms. The molecule has 0 atom stereocenters. The number of fused-ring (bicyclic) bond motifs is 1. The average Bonchev–Trinajstić information content (AvgIpc) is 3.06. The van der Waals surface area contributed by atoms with Crippen LogP contribution in [0.1, 0.15) is 38.5 Å². The molecule has 1 saturated carbocycles. The standard InChI is InChI=1S/C17H25NO5S/c19-24(20,18-12-14-5-2-1-3-6-14)10-4-9-21-15-7-8-16-17(11-15)23-13-22-16/h7-8,11,14,18H,1-6,9-10,12-13H2. The summed E-state index contributed by atoms with van der Waals surface area (Å²) in [4.78, 5) is 0. The van der Waals surface area contributed by atoms with Crippen molar-refractivity contribution < 1.29 is 22.6 Å². The van der Waals surface area contributed by atoms with E-state index in [-0.39, 0.29) is 12.5 Å². The summed E-state index contributed by atoms with van der Waals surface area (Å²) >= 11 is 0. The van der Waals surface area contributed by atoms with Gasteiger partial charge in [-0.2, -0.15) is 0 Å². The summed E-state index contributed by atoms with van der Waals surface area (Å²) in [6.45, 7) is 1.15. The fourth-order valence-electron chi connectivity index (χ4n) is 3.11. The SMILES string of the molecule is O=S(=O)(CCCOc1ccc2c(c1)OCO2)NCC1CCCCC1. The molecule has 134 valence electrons. The Kier molecular flexibility index (Phi) is 5.84. The largest absolute Gasteiger partial charge is 0.493 e. The van der Waals surface area contributed by atoms with Crippen molar-refractivity contribution in [3.8, 4) is 17.2 Å². The molecule has 0 spiro atoms. The molecule has 0 saturated heterocycles. The van der Waals surface area contributed by atoms with Gasteiger partial charge in [-0.25, -0.2) is 13.1 Å². The van der Waals surface area contributed by atoms with Crippen molar-refractivity contribution in [3.63, 3.8) is 0 Å². The highest BCUT2D eigenvalue weighted by atomic mass is 32.2. The highest BCUT2D eigenvalue weighted by Gasteiger charge is 2.17. The lowest BCUT2D eigenvalue weighted by atomic mass is 9.90. The van der Waals surface area contributed by atoms with E-state index in [0.717, 1.165) is 12.8 Å². The van der Waals surface area contributed by atoms with Crippen LogP contribution >= 0.6 is 0 Å². The van der Waals surface area contributed by atoms with E-state index in [0.29, 0.717) is 42.7 Å². The van der Waals surface area contributed by atoms with Crippen molar-refractivity contribution >= 4 is 10.0 Å². The zero-order valence-electron chi connectivity index (χ0n) is 13.8. The van der Waals surface area contributed by atoms with Gasteiger partial charge in [-0.05, 0) is 37.3 Å². The van der Waals surface area contributed by atoms with Crippen LogP contribution in [0.2, 0.25) is 0 Å². The summed E-state index contributed by atoms with van der Waals surface area (Å²) in [5.41, 5.74) is 0. The summed E-state index contributed by atoms with van der Waals surface area (Å²) in [6, 6.07) is 5.35. The van der Waals surface area contributed by atoms with Gasteiger partial charge in [0.1, 0.15) is 5.75 Å². The third-order valence-corrected chi connectivity index (χ3v) is 5.92. The minimum atomic E-state index is -3.22. The van der Waals surface area contributed by atoms with Gasteiger partial charge in [0.2, 0.25) is 16.8 Å². The first-order chi connectivity index (χ1) is 11.6. The average molecular weight is 355 g/mol. The maximum Gasteiger partial charge on any atom is 0.231 e. The van der Waals surface area contributed by atoms with Crippen LogP contribution in [0, 0.1) is 5.92 Å². The Hall–Kier alpha value is -1.47. The highest BCUT2D eigenvalue weighted by molar-refractivity contribution is 7.89. The Labute approximate surface area is 143 Å². The lowest BCUT2D eigenvalue weighted by Gasteiger charge is -2.21. The van der Waals surface area contributed by atoms with Gasteiger partial charge in [0.25, 0.3) is 0 Å². The number of rotatable bonds is 8. The minimum absolute atomic E-state index is 0.0876. The number of nitrogens with one attached hydrogen (secondary N) is 1. The molecular weight excluding hydrogens is 330 g/mol. The fraction of sp³-hybridized carbons (Fsp3) is 0.647. The molecule has 1 aliphatic heterocycles. The zero-order valence-corrected chi connectivity index (χ0v) is 14.6. The van der Waals surface area contributed by atoms with Gasteiger partial charge >= 0.3 is 0 Å². The second-order valence-electron chi connectivity index (χ2n) is 6.39. The molecule has 1 heterocycles. The monoisotopic (exact) mass is 355 g/mol. The molecule has 6 nitrogen and oxygen atoms in total. The van der Waals surface area contributed by atoms with E-state index in [9.17, 15) is 8.42 Å². The summed E-state index contributed by atoms with van der Waals surface area (Å²) < 4.78 is 42.9. The minimum Gasteiger partial charge on any atom is -0.493 e. The molecule has 1 fully saturated rings. The van der Waals surface area contributed by atoms with Gasteiger partial charge < -0.3 is 14.2 Å². The Balaban J connectivity index is 1.36. The molecule has 7 heteroatoms. The number of hydrogen-bond donors (Lipinski definition) is 1. The summed E-state index contributed by atoms with van der Waals surface area (Å²) in [5, 5.41) is 0. The van der Waals surface area contributed by atoms with Crippen LogP contribution in [0.25, 0.3) is 0 Å². The highest BCUT2D eigenvalue weighted by Crippen LogP contribution is 2.35. The maximum absolute atomic E-state index is 12.0. The lowest BCUT2D eigenvalue weighted by Crippen LogP contribution is -2.32. The first kappa shape index (κ1) is 17.4. The topological polar surface area (TPSA) is 73.9 Å². The first-order valence-corrected chi connectivity index (χ1v) is 10.3. The van der Waals surface area contributed by atoms with Crippen LogP contribution in [0.4, 0.5) is 0 Å². The summed E-state index contributed by atoms with van der Waals surface area (Å²) in [6.07, 6.45) is 6.44. The number of benzene rings is 1. The molecule has 1 aromatic rings. The Bertz CT molecular complexity index is 640. The van der Waals surface area contributed by atoms with Crippen LogP contribution < -0.4 is 18.9 Å². The van der Waals surface area contributed by atoms with E-state index in [1.807, 2.05) is 0 Å². The second-order valence-corrected chi connectivity index (χ2v) is 8.31. The van der Waals surface area contributed by atoms with Crippen molar-refractivity contribution in [1.82, 2.24) is 4.72 Å². The van der Waals surface area contributed by atoms with Crippen molar-refractivity contribution in [2.75, 3.05) is 25.7 Å². The predicted octanol–water partition coefficient (Wildman–Crippen LogP) is 2.68. The quantitative estimate of drug-likeness (QED) is 0.726. The van der Waals surface area contributed by atoms with Crippen LogP contribution in [0.15, 0.2) is 18.2 Å². The van der Waals surface area contributed by atoms with E-state index < -0.39 is 10.0 Å². The third kappa shape index (κ3) is 5.01. The second kappa shape index (κ2) is 8.07. The van der Waals surface area contributed by atoms with Gasteiger partial charge in [0.15, 0.2) is 11.5 Å². The molecule has 1 aromatic carbocycles. The van der Waals surface area contributed by atoms with Gasteiger partial charge in [-0.1, -0.05) is 19.3 Å². The van der Waals surface area contributed by atoms with Crippen LogP contribution in [-0.2, 0) is 10.0 Å². The number of hydrogen-bond acceptors (Lipinski definition) is 5. The van der Waals surface area contributed by atoms with Gasteiger partial charge in [-0.15, -0.1) is 0 Å². The number of ether oxygens (including phenoxy) is 3. The molecular formula is C17H25NO5S. The normalized spacial score (nSPS) is 17.8. The van der Waals surface area contributed by atoms with E-state index in [1.165, 1.54) is 19.3 Å². The summed E-state index contributed by atoms with van der Waals surface area (Å²) in [5.74, 6) is 2.61. The van der Waals surface area contributed by atoms with E-state index >= 15 is 0 Å². The van der Waals surface area contributed by atoms with Crippen LogP contribution in [0.5, 0.6) is 17.2 Å². The molecule has 0 radical (unpaired) electrons. The molecule has 1 N–H and O–H groups in total. The van der Waals surface area contributed by atoms with Gasteiger partial charge in [0, 0.05) is 12.6 Å². The zero-order chi connectivity index (χ0) is 16.8. The van der Waals surface area contributed by atoms with Crippen molar-refractivity contribution in [3.05, 3.63) is 18.2 Å². The molecule has 2 aliphatic rings. The smallest absolute Gasteiger partial charge is 0.231 e. The number of sulfonamides is 1. The van der Waals surface area contributed by atoms with E-state index in [4.69, 9.17) is 14.2 Å². The molecule has 1 aliphatic carbocycles. The van der Waals surface area contributed by atoms with E-state index in [2.05, 4.69) is 4.72 Å².